The summed E-state index contributed by atoms with van der Waals surface area (Å²) in [6, 6.07) is 5.79. The molecule has 150 valence electrons. The predicted molar refractivity (Wildman–Crippen MR) is 109 cm³/mol. The number of ether oxygens (including phenoxy) is 2. The van der Waals surface area contributed by atoms with Gasteiger partial charge in [-0.1, -0.05) is 11.8 Å². The molecular formula is C19H25N5O3S. The summed E-state index contributed by atoms with van der Waals surface area (Å²) < 4.78 is 12.7. The van der Waals surface area contributed by atoms with Crippen LogP contribution < -0.4 is 19.7 Å². The monoisotopic (exact) mass is 403 g/mol. The van der Waals surface area contributed by atoms with Gasteiger partial charge in [0.15, 0.2) is 16.7 Å². The fraction of sp³-hybridized carbons (Fsp3) is 0.526. The summed E-state index contributed by atoms with van der Waals surface area (Å²) in [5, 5.41) is 12.5. The SMILES string of the molecule is COc1ccc(NC(=O)CSc2nnc(N3CCCC3)n2C2CC2)cc1OC. The third-order valence-corrected chi connectivity index (χ3v) is 5.89. The summed E-state index contributed by atoms with van der Waals surface area (Å²) >= 11 is 1.43. The van der Waals surface area contributed by atoms with Crippen LogP contribution in [0.4, 0.5) is 11.6 Å². The molecule has 1 aliphatic carbocycles. The summed E-state index contributed by atoms with van der Waals surface area (Å²) in [7, 11) is 3.15. The minimum atomic E-state index is -0.0923. The molecule has 0 spiro atoms. The Morgan fingerprint density at radius 2 is 1.93 bits per heavy atom. The molecule has 1 aliphatic heterocycles. The van der Waals surface area contributed by atoms with Gasteiger partial charge in [-0.05, 0) is 37.8 Å². The second-order valence-corrected chi connectivity index (χ2v) is 7.93. The van der Waals surface area contributed by atoms with Gasteiger partial charge in [0.05, 0.1) is 20.0 Å². The van der Waals surface area contributed by atoms with Crippen LogP contribution in [0.25, 0.3) is 0 Å². The number of methoxy groups -OCH3 is 2. The predicted octanol–water partition coefficient (Wildman–Crippen LogP) is 2.96. The molecule has 1 N–H and O–H groups in total. The van der Waals surface area contributed by atoms with E-state index in [-0.39, 0.29) is 11.7 Å². The molecule has 1 aromatic heterocycles. The van der Waals surface area contributed by atoms with Crippen molar-refractivity contribution < 1.29 is 14.3 Å². The molecule has 0 bridgehead atoms. The molecule has 4 rings (SSSR count). The Hall–Kier alpha value is -2.42. The van der Waals surface area contributed by atoms with E-state index in [1.54, 1.807) is 32.4 Å². The number of amides is 1. The van der Waals surface area contributed by atoms with E-state index >= 15 is 0 Å². The number of thioether (sulfide) groups is 1. The lowest BCUT2D eigenvalue weighted by Gasteiger charge is -2.17. The van der Waals surface area contributed by atoms with Gasteiger partial charge in [-0.2, -0.15) is 0 Å². The number of carbonyl (C=O) groups is 1. The number of anilines is 2. The van der Waals surface area contributed by atoms with Crippen molar-refractivity contribution in [3.8, 4) is 11.5 Å². The Morgan fingerprint density at radius 3 is 2.61 bits per heavy atom. The first kappa shape index (κ1) is 18.9. The maximum atomic E-state index is 12.4. The van der Waals surface area contributed by atoms with Crippen LogP contribution in [0.15, 0.2) is 23.4 Å². The average molecular weight is 404 g/mol. The number of benzene rings is 1. The Morgan fingerprint density at radius 1 is 1.18 bits per heavy atom. The van der Waals surface area contributed by atoms with Crippen molar-refractivity contribution in [1.29, 1.82) is 0 Å². The van der Waals surface area contributed by atoms with Gasteiger partial charge in [0.1, 0.15) is 0 Å². The lowest BCUT2D eigenvalue weighted by Crippen LogP contribution is -2.22. The van der Waals surface area contributed by atoms with Gasteiger partial charge >= 0.3 is 0 Å². The first-order valence-corrected chi connectivity index (χ1v) is 10.5. The standard InChI is InChI=1S/C19H25N5O3S/c1-26-15-8-5-13(11-16(15)27-2)20-17(25)12-28-19-22-21-18(23-9-3-4-10-23)24(19)14-6-7-14/h5,8,11,14H,3-4,6-7,9-10,12H2,1-2H3,(H,20,25). The molecule has 8 nitrogen and oxygen atoms in total. The van der Waals surface area contributed by atoms with Gasteiger partial charge in [-0.15, -0.1) is 10.2 Å². The van der Waals surface area contributed by atoms with E-state index in [9.17, 15) is 4.79 Å². The van der Waals surface area contributed by atoms with Crippen LogP contribution in [-0.4, -0.2) is 53.7 Å². The number of carbonyl (C=O) groups excluding carboxylic acids is 1. The van der Waals surface area contributed by atoms with Crippen molar-refractivity contribution in [2.45, 2.75) is 36.9 Å². The van der Waals surface area contributed by atoms with Crippen molar-refractivity contribution in [1.82, 2.24) is 14.8 Å². The van der Waals surface area contributed by atoms with E-state index in [2.05, 4.69) is 25.0 Å². The quantitative estimate of drug-likeness (QED) is 0.679. The molecule has 0 atom stereocenters. The molecule has 28 heavy (non-hydrogen) atoms. The highest BCUT2D eigenvalue weighted by molar-refractivity contribution is 7.99. The summed E-state index contributed by atoms with van der Waals surface area (Å²) in [6.07, 6.45) is 4.72. The maximum absolute atomic E-state index is 12.4. The normalized spacial score (nSPS) is 16.3. The van der Waals surface area contributed by atoms with Crippen molar-refractivity contribution in [2.75, 3.05) is 43.3 Å². The van der Waals surface area contributed by atoms with E-state index in [0.29, 0.717) is 23.2 Å². The zero-order valence-corrected chi connectivity index (χ0v) is 17.0. The molecule has 0 radical (unpaired) electrons. The van der Waals surface area contributed by atoms with E-state index in [0.717, 1.165) is 37.0 Å². The minimum absolute atomic E-state index is 0.0923. The second-order valence-electron chi connectivity index (χ2n) is 6.98. The minimum Gasteiger partial charge on any atom is -0.493 e. The summed E-state index contributed by atoms with van der Waals surface area (Å²) in [6.45, 7) is 2.07. The molecule has 2 fully saturated rings. The Kier molecular flexibility index (Phi) is 5.61. The number of rotatable bonds is 8. The Bertz CT molecular complexity index is 846. The Balaban J connectivity index is 1.40. The lowest BCUT2D eigenvalue weighted by atomic mass is 10.2. The fourth-order valence-electron chi connectivity index (χ4n) is 3.39. The van der Waals surface area contributed by atoms with Gasteiger partial charge in [0.2, 0.25) is 11.9 Å². The third kappa shape index (κ3) is 4.04. The van der Waals surface area contributed by atoms with Crippen molar-refractivity contribution in [3.63, 3.8) is 0 Å². The smallest absolute Gasteiger partial charge is 0.234 e. The molecular weight excluding hydrogens is 378 g/mol. The highest BCUT2D eigenvalue weighted by Gasteiger charge is 2.32. The zero-order valence-electron chi connectivity index (χ0n) is 16.2. The summed E-state index contributed by atoms with van der Waals surface area (Å²) in [4.78, 5) is 14.7. The lowest BCUT2D eigenvalue weighted by molar-refractivity contribution is -0.113. The zero-order chi connectivity index (χ0) is 19.5. The number of aromatic nitrogens is 3. The van der Waals surface area contributed by atoms with E-state index in [4.69, 9.17) is 9.47 Å². The highest BCUT2D eigenvalue weighted by atomic mass is 32.2. The van der Waals surface area contributed by atoms with Crippen LogP contribution in [0.5, 0.6) is 11.5 Å². The molecule has 9 heteroatoms. The first-order valence-electron chi connectivity index (χ1n) is 9.54. The average Bonchev–Trinajstić information content (AvgIpc) is 3.23. The number of nitrogens with one attached hydrogen (secondary N) is 1. The molecule has 1 amide bonds. The van der Waals surface area contributed by atoms with E-state index < -0.39 is 0 Å². The number of hydrogen-bond donors (Lipinski definition) is 1. The summed E-state index contributed by atoms with van der Waals surface area (Å²) in [5.41, 5.74) is 0.671. The first-order chi connectivity index (χ1) is 13.7. The molecule has 0 unspecified atom stereocenters. The van der Waals surface area contributed by atoms with Gasteiger partial charge in [-0.25, -0.2) is 0 Å². The van der Waals surface area contributed by atoms with Crippen molar-refractivity contribution in [3.05, 3.63) is 18.2 Å². The van der Waals surface area contributed by atoms with Crippen LogP contribution in [0.1, 0.15) is 31.7 Å². The number of nitrogens with zero attached hydrogens (tertiary/aromatic N) is 4. The molecule has 2 aliphatic rings. The Labute approximate surface area is 168 Å². The van der Waals surface area contributed by atoms with Crippen molar-refractivity contribution >= 4 is 29.3 Å². The molecule has 2 heterocycles. The fourth-order valence-corrected chi connectivity index (χ4v) is 4.19. The van der Waals surface area contributed by atoms with Gasteiger partial charge in [-0.3, -0.25) is 9.36 Å². The van der Waals surface area contributed by atoms with E-state index in [1.807, 2.05) is 0 Å². The number of hydrogen-bond acceptors (Lipinski definition) is 7. The largest absolute Gasteiger partial charge is 0.493 e. The summed E-state index contributed by atoms with van der Waals surface area (Å²) in [5.74, 6) is 2.35. The second kappa shape index (κ2) is 8.30. The van der Waals surface area contributed by atoms with Gasteiger partial charge in [0.25, 0.3) is 0 Å². The van der Waals surface area contributed by atoms with Crippen LogP contribution in [0.3, 0.4) is 0 Å². The highest BCUT2D eigenvalue weighted by Crippen LogP contribution is 2.41. The van der Waals surface area contributed by atoms with E-state index in [1.165, 1.54) is 24.6 Å². The topological polar surface area (TPSA) is 81.5 Å². The van der Waals surface area contributed by atoms with Crippen LogP contribution in [-0.2, 0) is 4.79 Å². The van der Waals surface area contributed by atoms with Crippen LogP contribution >= 0.6 is 11.8 Å². The van der Waals surface area contributed by atoms with Crippen molar-refractivity contribution in [2.24, 2.45) is 0 Å². The molecule has 1 aromatic carbocycles. The molecule has 1 saturated heterocycles. The third-order valence-electron chi connectivity index (χ3n) is 4.95. The maximum Gasteiger partial charge on any atom is 0.234 e. The molecule has 2 aromatic rings. The van der Waals surface area contributed by atoms with Gasteiger partial charge in [0, 0.05) is 30.9 Å². The van der Waals surface area contributed by atoms with Crippen LogP contribution in [0.2, 0.25) is 0 Å². The van der Waals surface area contributed by atoms with Gasteiger partial charge < -0.3 is 19.7 Å². The van der Waals surface area contributed by atoms with Crippen LogP contribution in [0, 0.1) is 0 Å². The molecule has 1 saturated carbocycles.